The van der Waals surface area contributed by atoms with Crippen molar-refractivity contribution in [2.75, 3.05) is 39.3 Å². The number of carbonyl (C=O) groups excluding carboxylic acids is 1. The summed E-state index contributed by atoms with van der Waals surface area (Å²) in [4.78, 5) is 16.1. The molecule has 2 rings (SSSR count). The number of nitrogens with zero attached hydrogens (tertiary/aromatic N) is 2. The Balaban J connectivity index is 1.67. The van der Waals surface area contributed by atoms with Crippen molar-refractivity contribution in [3.63, 3.8) is 0 Å². The van der Waals surface area contributed by atoms with Gasteiger partial charge in [-0.1, -0.05) is 0 Å². The lowest BCUT2D eigenvalue weighted by atomic mass is 10.2. The Labute approximate surface area is 115 Å². The van der Waals surface area contributed by atoms with Gasteiger partial charge >= 0.3 is 5.97 Å². The first kappa shape index (κ1) is 14.8. The van der Waals surface area contributed by atoms with Gasteiger partial charge < -0.3 is 9.84 Å². The molecule has 5 heteroatoms. The highest BCUT2D eigenvalue weighted by Crippen LogP contribution is 2.20. The number of esters is 1. The van der Waals surface area contributed by atoms with Crippen LogP contribution in [0.25, 0.3) is 0 Å². The molecule has 0 aromatic heterocycles. The molecular weight excluding hydrogens is 244 g/mol. The van der Waals surface area contributed by atoms with Crippen LogP contribution in [0.2, 0.25) is 0 Å². The van der Waals surface area contributed by atoms with Gasteiger partial charge in [0.25, 0.3) is 0 Å². The summed E-state index contributed by atoms with van der Waals surface area (Å²) in [7, 11) is 0. The fourth-order valence-corrected chi connectivity index (χ4v) is 3.16. The lowest BCUT2D eigenvalue weighted by Crippen LogP contribution is -2.37. The van der Waals surface area contributed by atoms with Crippen molar-refractivity contribution in [2.24, 2.45) is 0 Å². The monoisotopic (exact) mass is 270 g/mol. The molecular formula is C14H26N2O3. The number of carbonyl (C=O) groups is 1. The highest BCUT2D eigenvalue weighted by molar-refractivity contribution is 5.69. The number of aliphatic hydroxyl groups is 1. The second kappa shape index (κ2) is 7.22. The number of likely N-dealkylation sites (tertiary alicyclic amines) is 2. The number of hydrogen-bond donors (Lipinski definition) is 1. The molecule has 2 aliphatic rings. The fraction of sp³-hybridized carbons (Fsp3) is 0.929. The molecule has 19 heavy (non-hydrogen) atoms. The minimum Gasteiger partial charge on any atom is -0.466 e. The second-order valence-corrected chi connectivity index (χ2v) is 5.61. The molecule has 0 amide bonds. The number of aliphatic hydroxyl groups excluding tert-OH is 1. The van der Waals surface area contributed by atoms with Crippen LogP contribution >= 0.6 is 0 Å². The molecule has 1 N–H and O–H groups in total. The summed E-state index contributed by atoms with van der Waals surface area (Å²) in [5.41, 5.74) is 0. The summed E-state index contributed by atoms with van der Waals surface area (Å²) in [6.07, 6.45) is 3.34. The molecule has 0 saturated carbocycles. The number of rotatable bonds is 6. The van der Waals surface area contributed by atoms with Crippen molar-refractivity contribution in [1.82, 2.24) is 9.80 Å². The van der Waals surface area contributed by atoms with E-state index in [1.165, 1.54) is 32.4 Å². The van der Waals surface area contributed by atoms with E-state index in [-0.39, 0.29) is 12.4 Å². The van der Waals surface area contributed by atoms with Gasteiger partial charge in [-0.3, -0.25) is 14.6 Å². The van der Waals surface area contributed by atoms with Crippen LogP contribution in [0.4, 0.5) is 0 Å². The van der Waals surface area contributed by atoms with Crippen molar-refractivity contribution < 1.29 is 14.6 Å². The van der Waals surface area contributed by atoms with Crippen molar-refractivity contribution in [3.05, 3.63) is 0 Å². The summed E-state index contributed by atoms with van der Waals surface area (Å²) < 4.78 is 4.85. The first-order chi connectivity index (χ1) is 9.19. The third-order valence-corrected chi connectivity index (χ3v) is 4.08. The molecule has 110 valence electrons. The van der Waals surface area contributed by atoms with Gasteiger partial charge in [0.1, 0.15) is 0 Å². The molecule has 0 bridgehead atoms. The van der Waals surface area contributed by atoms with E-state index in [4.69, 9.17) is 4.74 Å². The largest absolute Gasteiger partial charge is 0.466 e. The van der Waals surface area contributed by atoms with Crippen LogP contribution in [0.1, 0.15) is 32.6 Å². The maximum atomic E-state index is 11.3. The first-order valence-electron chi connectivity index (χ1n) is 7.49. The summed E-state index contributed by atoms with van der Waals surface area (Å²) in [5, 5.41) is 9.90. The van der Waals surface area contributed by atoms with Crippen molar-refractivity contribution >= 4 is 5.97 Å². The molecule has 2 atom stereocenters. The van der Waals surface area contributed by atoms with E-state index in [1.807, 2.05) is 0 Å². The van der Waals surface area contributed by atoms with Crippen molar-refractivity contribution in [3.8, 4) is 0 Å². The normalized spacial score (nSPS) is 26.7. The Hall–Kier alpha value is -0.650. The van der Waals surface area contributed by atoms with Crippen molar-refractivity contribution in [1.29, 1.82) is 0 Å². The van der Waals surface area contributed by atoms with E-state index < -0.39 is 6.10 Å². The smallest absolute Gasteiger partial charge is 0.308 e. The number of ether oxygens (including phenoxy) is 1. The predicted molar refractivity (Wildman–Crippen MR) is 72.9 cm³/mol. The van der Waals surface area contributed by atoms with Gasteiger partial charge in [-0.25, -0.2) is 0 Å². The van der Waals surface area contributed by atoms with Crippen LogP contribution in [0.15, 0.2) is 0 Å². The topological polar surface area (TPSA) is 53.0 Å². The van der Waals surface area contributed by atoms with E-state index in [9.17, 15) is 9.90 Å². The standard InChI is InChI=1S/C14H26N2O3/c1-2-19-14(18)9-13(17)11-15-8-5-12(10-15)16-6-3-4-7-16/h12-13,17H,2-11H2,1H3. The van der Waals surface area contributed by atoms with E-state index >= 15 is 0 Å². The van der Waals surface area contributed by atoms with Gasteiger partial charge in [0.2, 0.25) is 0 Å². The van der Waals surface area contributed by atoms with Gasteiger partial charge in [-0.15, -0.1) is 0 Å². The molecule has 0 spiro atoms. The molecule has 2 aliphatic heterocycles. The minimum absolute atomic E-state index is 0.110. The number of hydrogen-bond acceptors (Lipinski definition) is 5. The van der Waals surface area contributed by atoms with Crippen LogP contribution < -0.4 is 0 Å². The average molecular weight is 270 g/mol. The average Bonchev–Trinajstić information content (AvgIpc) is 2.98. The second-order valence-electron chi connectivity index (χ2n) is 5.61. The van der Waals surface area contributed by atoms with Crippen molar-refractivity contribution in [2.45, 2.75) is 44.8 Å². The highest BCUT2D eigenvalue weighted by atomic mass is 16.5. The Morgan fingerprint density at radius 3 is 2.79 bits per heavy atom. The molecule has 0 radical (unpaired) electrons. The lowest BCUT2D eigenvalue weighted by molar-refractivity contribution is -0.145. The SMILES string of the molecule is CCOC(=O)CC(O)CN1CCC(N2CCCC2)C1. The predicted octanol–water partition coefficient (Wildman–Crippen LogP) is 0.471. The summed E-state index contributed by atoms with van der Waals surface area (Å²) in [6.45, 7) is 7.26. The molecule has 2 fully saturated rings. The zero-order chi connectivity index (χ0) is 13.7. The molecule has 5 nitrogen and oxygen atoms in total. The Bertz CT molecular complexity index is 292. The Morgan fingerprint density at radius 2 is 2.11 bits per heavy atom. The lowest BCUT2D eigenvalue weighted by Gasteiger charge is -2.24. The summed E-state index contributed by atoms with van der Waals surface area (Å²) in [6, 6.07) is 0.650. The molecule has 2 unspecified atom stereocenters. The third-order valence-electron chi connectivity index (χ3n) is 4.08. The molecule has 0 aromatic rings. The zero-order valence-corrected chi connectivity index (χ0v) is 11.9. The summed E-state index contributed by atoms with van der Waals surface area (Å²) >= 11 is 0. The highest BCUT2D eigenvalue weighted by Gasteiger charge is 2.30. The third kappa shape index (κ3) is 4.44. The number of β-amino-alcohol motifs (C(OH)–C–C–N with tert-alkyl or cyclic N) is 1. The summed E-state index contributed by atoms with van der Waals surface area (Å²) in [5.74, 6) is -0.301. The molecule has 2 heterocycles. The van der Waals surface area contributed by atoms with E-state index in [0.717, 1.165) is 13.1 Å². The van der Waals surface area contributed by atoms with Crippen LogP contribution in [0.5, 0.6) is 0 Å². The van der Waals surface area contributed by atoms with Crippen LogP contribution in [0.3, 0.4) is 0 Å². The Kier molecular flexibility index (Phi) is 5.60. The fourth-order valence-electron chi connectivity index (χ4n) is 3.16. The zero-order valence-electron chi connectivity index (χ0n) is 11.9. The maximum absolute atomic E-state index is 11.3. The van der Waals surface area contributed by atoms with Gasteiger partial charge in [-0.2, -0.15) is 0 Å². The van der Waals surface area contributed by atoms with Crippen LogP contribution in [-0.2, 0) is 9.53 Å². The Morgan fingerprint density at radius 1 is 1.37 bits per heavy atom. The molecule has 0 aliphatic carbocycles. The van der Waals surface area contributed by atoms with Gasteiger partial charge in [0.15, 0.2) is 0 Å². The van der Waals surface area contributed by atoms with Crippen LogP contribution in [-0.4, -0.2) is 72.4 Å². The first-order valence-corrected chi connectivity index (χ1v) is 7.49. The molecule has 2 saturated heterocycles. The van der Waals surface area contributed by atoms with E-state index in [1.54, 1.807) is 6.92 Å². The quantitative estimate of drug-likeness (QED) is 0.711. The van der Waals surface area contributed by atoms with Crippen LogP contribution in [0, 0.1) is 0 Å². The molecule has 0 aromatic carbocycles. The minimum atomic E-state index is -0.601. The van der Waals surface area contributed by atoms with E-state index in [0.29, 0.717) is 19.2 Å². The van der Waals surface area contributed by atoms with E-state index in [2.05, 4.69) is 9.80 Å². The maximum Gasteiger partial charge on any atom is 0.308 e. The van der Waals surface area contributed by atoms with Gasteiger partial charge in [0, 0.05) is 19.1 Å². The van der Waals surface area contributed by atoms with Gasteiger partial charge in [0.05, 0.1) is 19.1 Å². The van der Waals surface area contributed by atoms with Gasteiger partial charge in [-0.05, 0) is 45.8 Å².